The Morgan fingerprint density at radius 1 is 1.69 bits per heavy atom. The number of hydrogen-bond donors (Lipinski definition) is 1. The number of aliphatic hydroxyl groups excluding tert-OH is 1. The zero-order chi connectivity index (χ0) is 10.1. The Balaban J connectivity index is 2.65. The minimum absolute atomic E-state index is 0.0345. The van der Waals surface area contributed by atoms with Crippen molar-refractivity contribution in [1.29, 1.82) is 0 Å². The Morgan fingerprint density at radius 2 is 2.31 bits per heavy atom. The molecule has 76 valence electrons. The van der Waals surface area contributed by atoms with Crippen LogP contribution in [-0.2, 0) is 9.53 Å². The van der Waals surface area contributed by atoms with E-state index in [0.717, 1.165) is 0 Å². The SMILES string of the molecule is CC(=O)N1CC(CO)OC(C)(C)C1. The van der Waals surface area contributed by atoms with E-state index in [1.54, 1.807) is 4.90 Å². The summed E-state index contributed by atoms with van der Waals surface area (Å²) in [6.07, 6.45) is -0.243. The van der Waals surface area contributed by atoms with Crippen LogP contribution >= 0.6 is 0 Å². The zero-order valence-electron chi connectivity index (χ0n) is 8.41. The zero-order valence-corrected chi connectivity index (χ0v) is 8.41. The van der Waals surface area contributed by atoms with Crippen LogP contribution in [-0.4, -0.2) is 47.3 Å². The van der Waals surface area contributed by atoms with Gasteiger partial charge in [-0.25, -0.2) is 0 Å². The van der Waals surface area contributed by atoms with E-state index in [4.69, 9.17) is 9.84 Å². The van der Waals surface area contributed by atoms with E-state index >= 15 is 0 Å². The van der Waals surface area contributed by atoms with Gasteiger partial charge in [0.1, 0.15) is 0 Å². The van der Waals surface area contributed by atoms with Crippen molar-refractivity contribution in [1.82, 2.24) is 4.90 Å². The Morgan fingerprint density at radius 3 is 2.77 bits per heavy atom. The molecule has 1 amide bonds. The van der Waals surface area contributed by atoms with Crippen molar-refractivity contribution in [3.05, 3.63) is 0 Å². The van der Waals surface area contributed by atoms with Gasteiger partial charge in [-0.2, -0.15) is 0 Å². The molecule has 1 saturated heterocycles. The first kappa shape index (κ1) is 10.5. The van der Waals surface area contributed by atoms with Crippen molar-refractivity contribution < 1.29 is 14.6 Å². The second-order valence-electron chi connectivity index (χ2n) is 4.08. The van der Waals surface area contributed by atoms with E-state index in [-0.39, 0.29) is 24.2 Å². The standard InChI is InChI=1S/C9H17NO3/c1-7(12)10-4-8(5-11)13-9(2,3)6-10/h8,11H,4-6H2,1-3H3. The summed E-state index contributed by atoms with van der Waals surface area (Å²) in [7, 11) is 0. The first-order valence-electron chi connectivity index (χ1n) is 4.49. The van der Waals surface area contributed by atoms with Gasteiger partial charge in [0.2, 0.25) is 5.91 Å². The number of rotatable bonds is 1. The highest BCUT2D eigenvalue weighted by molar-refractivity contribution is 5.73. The predicted molar refractivity (Wildman–Crippen MR) is 48.3 cm³/mol. The van der Waals surface area contributed by atoms with E-state index < -0.39 is 0 Å². The molecule has 1 fully saturated rings. The van der Waals surface area contributed by atoms with Gasteiger partial charge in [0.25, 0.3) is 0 Å². The maximum Gasteiger partial charge on any atom is 0.219 e. The summed E-state index contributed by atoms with van der Waals surface area (Å²) >= 11 is 0. The third-order valence-electron chi connectivity index (χ3n) is 2.13. The normalized spacial score (nSPS) is 27.4. The Hall–Kier alpha value is -0.610. The van der Waals surface area contributed by atoms with E-state index in [1.165, 1.54) is 6.92 Å². The highest BCUT2D eigenvalue weighted by atomic mass is 16.5. The average molecular weight is 187 g/mol. The first-order valence-corrected chi connectivity index (χ1v) is 4.49. The number of carbonyl (C=O) groups is 1. The fourth-order valence-electron chi connectivity index (χ4n) is 1.63. The molecular weight excluding hydrogens is 170 g/mol. The monoisotopic (exact) mass is 187 g/mol. The highest BCUT2D eigenvalue weighted by Crippen LogP contribution is 2.20. The van der Waals surface area contributed by atoms with Crippen molar-refractivity contribution >= 4 is 5.91 Å². The predicted octanol–water partition coefficient (Wildman–Crippen LogP) is 0.00460. The van der Waals surface area contributed by atoms with Gasteiger partial charge in [0, 0.05) is 20.0 Å². The number of amides is 1. The van der Waals surface area contributed by atoms with Gasteiger partial charge in [-0.05, 0) is 13.8 Å². The number of carbonyl (C=O) groups excluding carboxylic acids is 1. The average Bonchev–Trinajstić information content (AvgIpc) is 2.01. The molecule has 0 aromatic heterocycles. The third-order valence-corrected chi connectivity index (χ3v) is 2.13. The van der Waals surface area contributed by atoms with Crippen molar-refractivity contribution in [2.45, 2.75) is 32.5 Å². The fourth-order valence-corrected chi connectivity index (χ4v) is 1.63. The lowest BCUT2D eigenvalue weighted by atomic mass is 10.1. The van der Waals surface area contributed by atoms with Crippen molar-refractivity contribution in [3.63, 3.8) is 0 Å². The van der Waals surface area contributed by atoms with Gasteiger partial charge < -0.3 is 14.7 Å². The van der Waals surface area contributed by atoms with Gasteiger partial charge >= 0.3 is 0 Å². The summed E-state index contributed by atoms with van der Waals surface area (Å²) in [5, 5.41) is 8.96. The van der Waals surface area contributed by atoms with Crippen LogP contribution in [0.2, 0.25) is 0 Å². The Labute approximate surface area is 78.5 Å². The lowest BCUT2D eigenvalue weighted by molar-refractivity contribution is -0.165. The molecular formula is C9H17NO3. The smallest absolute Gasteiger partial charge is 0.219 e. The van der Waals surface area contributed by atoms with Crippen LogP contribution in [0.1, 0.15) is 20.8 Å². The molecule has 4 heteroatoms. The second-order valence-corrected chi connectivity index (χ2v) is 4.08. The van der Waals surface area contributed by atoms with Gasteiger partial charge in [-0.3, -0.25) is 4.79 Å². The van der Waals surface area contributed by atoms with Crippen molar-refractivity contribution in [3.8, 4) is 0 Å². The van der Waals surface area contributed by atoms with E-state index in [0.29, 0.717) is 13.1 Å². The molecule has 0 aromatic rings. The first-order chi connectivity index (χ1) is 5.94. The number of morpholine rings is 1. The number of aliphatic hydroxyl groups is 1. The molecule has 0 radical (unpaired) electrons. The summed E-state index contributed by atoms with van der Waals surface area (Å²) in [5.74, 6) is 0.0369. The van der Waals surface area contributed by atoms with Gasteiger partial charge in [0.15, 0.2) is 0 Å². The minimum atomic E-state index is -0.350. The maximum atomic E-state index is 11.1. The Bertz CT molecular complexity index is 203. The summed E-state index contributed by atoms with van der Waals surface area (Å²) in [6, 6.07) is 0. The molecule has 1 N–H and O–H groups in total. The second kappa shape index (κ2) is 3.64. The van der Waals surface area contributed by atoms with Crippen molar-refractivity contribution in [2.24, 2.45) is 0 Å². The molecule has 0 saturated carbocycles. The van der Waals surface area contributed by atoms with Gasteiger partial charge in [0.05, 0.1) is 18.3 Å². The lowest BCUT2D eigenvalue weighted by Gasteiger charge is -2.41. The molecule has 13 heavy (non-hydrogen) atoms. The largest absolute Gasteiger partial charge is 0.394 e. The van der Waals surface area contributed by atoms with Crippen LogP contribution in [0.25, 0.3) is 0 Å². The van der Waals surface area contributed by atoms with Crippen molar-refractivity contribution in [2.75, 3.05) is 19.7 Å². The molecule has 0 bridgehead atoms. The summed E-state index contributed by atoms with van der Waals surface area (Å²) in [5.41, 5.74) is -0.350. The maximum absolute atomic E-state index is 11.1. The molecule has 1 aliphatic rings. The van der Waals surface area contributed by atoms with E-state index in [2.05, 4.69) is 0 Å². The molecule has 1 aliphatic heterocycles. The van der Waals surface area contributed by atoms with Crippen LogP contribution < -0.4 is 0 Å². The molecule has 0 aromatic carbocycles. The Kier molecular flexibility index (Phi) is 2.93. The number of ether oxygens (including phenoxy) is 1. The van der Waals surface area contributed by atoms with Crippen LogP contribution in [0.4, 0.5) is 0 Å². The minimum Gasteiger partial charge on any atom is -0.394 e. The number of hydrogen-bond acceptors (Lipinski definition) is 3. The van der Waals surface area contributed by atoms with Crippen LogP contribution in [0.5, 0.6) is 0 Å². The van der Waals surface area contributed by atoms with Crippen LogP contribution in [0, 0.1) is 0 Å². The fraction of sp³-hybridized carbons (Fsp3) is 0.889. The number of nitrogens with zero attached hydrogens (tertiary/aromatic N) is 1. The van der Waals surface area contributed by atoms with E-state index in [9.17, 15) is 4.79 Å². The highest BCUT2D eigenvalue weighted by Gasteiger charge is 2.33. The van der Waals surface area contributed by atoms with E-state index in [1.807, 2.05) is 13.8 Å². The molecule has 0 spiro atoms. The molecule has 1 heterocycles. The molecule has 1 unspecified atom stereocenters. The summed E-state index contributed by atoms with van der Waals surface area (Å²) < 4.78 is 5.56. The molecule has 4 nitrogen and oxygen atoms in total. The van der Waals surface area contributed by atoms with Crippen LogP contribution in [0.3, 0.4) is 0 Å². The van der Waals surface area contributed by atoms with Crippen LogP contribution in [0.15, 0.2) is 0 Å². The quantitative estimate of drug-likeness (QED) is 0.629. The molecule has 1 rings (SSSR count). The topological polar surface area (TPSA) is 49.8 Å². The lowest BCUT2D eigenvalue weighted by Crippen LogP contribution is -2.55. The van der Waals surface area contributed by atoms with Gasteiger partial charge in [-0.1, -0.05) is 0 Å². The summed E-state index contributed by atoms with van der Waals surface area (Å²) in [4.78, 5) is 12.8. The third kappa shape index (κ3) is 2.67. The molecule has 1 atom stereocenters. The molecule has 0 aliphatic carbocycles. The van der Waals surface area contributed by atoms with Gasteiger partial charge in [-0.15, -0.1) is 0 Å². The summed E-state index contributed by atoms with van der Waals surface area (Å²) in [6.45, 7) is 6.44.